The Morgan fingerprint density at radius 2 is 1.94 bits per heavy atom. The number of rotatable bonds is 3. The molecule has 0 fully saturated rings. The van der Waals surface area contributed by atoms with E-state index in [1.165, 1.54) is 11.1 Å². The smallest absolute Gasteiger partial charge is 0.0935 e. The quantitative estimate of drug-likeness (QED) is 0.777. The highest BCUT2D eigenvalue weighted by Gasteiger charge is 2.11. The summed E-state index contributed by atoms with van der Waals surface area (Å²) in [6, 6.07) is 11.0. The summed E-state index contributed by atoms with van der Waals surface area (Å²) in [5.41, 5.74) is 2.33. The molecule has 0 N–H and O–H groups in total. The lowest BCUT2D eigenvalue weighted by atomic mass is 10.1. The van der Waals surface area contributed by atoms with Crippen LogP contribution in [0.2, 0.25) is 0 Å². The summed E-state index contributed by atoms with van der Waals surface area (Å²) in [5.74, 6) is 0. The summed E-state index contributed by atoms with van der Waals surface area (Å²) < 4.78 is 0. The Hall–Kier alpha value is -1.57. The van der Waals surface area contributed by atoms with E-state index in [-0.39, 0.29) is 0 Å². The molecule has 0 amide bonds. The average Bonchev–Trinajstić information content (AvgIpc) is 2.30. The molecule has 0 spiro atoms. The van der Waals surface area contributed by atoms with Crippen LogP contribution in [0.4, 0.5) is 5.69 Å². The third-order valence-corrected chi connectivity index (χ3v) is 2.88. The van der Waals surface area contributed by atoms with E-state index in [0.717, 1.165) is 12.1 Å². The standard InChI is InChI=1S/C14H18N2/c1-4-16(11(2)3)13-9-5-7-12-8-6-10-15-14(12)13/h5-11H,4H2,1-3H3. The number of hydrogen-bond acceptors (Lipinski definition) is 2. The van der Waals surface area contributed by atoms with Crippen LogP contribution < -0.4 is 4.90 Å². The Morgan fingerprint density at radius 3 is 2.62 bits per heavy atom. The van der Waals surface area contributed by atoms with Gasteiger partial charge in [-0.25, -0.2) is 0 Å². The number of hydrogen-bond donors (Lipinski definition) is 0. The second kappa shape index (κ2) is 4.52. The molecule has 2 nitrogen and oxygen atoms in total. The first-order chi connectivity index (χ1) is 7.74. The first-order valence-electron chi connectivity index (χ1n) is 5.84. The topological polar surface area (TPSA) is 16.1 Å². The van der Waals surface area contributed by atoms with Gasteiger partial charge in [-0.05, 0) is 32.9 Å². The van der Waals surface area contributed by atoms with Crippen molar-refractivity contribution in [2.45, 2.75) is 26.8 Å². The van der Waals surface area contributed by atoms with Gasteiger partial charge in [0.2, 0.25) is 0 Å². The van der Waals surface area contributed by atoms with Gasteiger partial charge in [-0.2, -0.15) is 0 Å². The number of aromatic nitrogens is 1. The normalized spacial score (nSPS) is 11.0. The van der Waals surface area contributed by atoms with Gasteiger partial charge < -0.3 is 4.90 Å². The maximum absolute atomic E-state index is 4.49. The Kier molecular flexibility index (Phi) is 3.09. The van der Waals surface area contributed by atoms with Gasteiger partial charge >= 0.3 is 0 Å². The van der Waals surface area contributed by atoms with Crippen molar-refractivity contribution in [1.82, 2.24) is 4.98 Å². The maximum Gasteiger partial charge on any atom is 0.0935 e. The van der Waals surface area contributed by atoms with Crippen LogP contribution in [-0.4, -0.2) is 17.6 Å². The molecular weight excluding hydrogens is 196 g/mol. The van der Waals surface area contributed by atoms with Gasteiger partial charge in [0.25, 0.3) is 0 Å². The zero-order valence-corrected chi connectivity index (χ0v) is 10.1. The Bertz CT molecular complexity index is 472. The van der Waals surface area contributed by atoms with Crippen molar-refractivity contribution in [2.24, 2.45) is 0 Å². The second-order valence-electron chi connectivity index (χ2n) is 4.23. The van der Waals surface area contributed by atoms with E-state index in [9.17, 15) is 0 Å². The van der Waals surface area contributed by atoms with E-state index in [0.29, 0.717) is 6.04 Å². The fraction of sp³-hybridized carbons (Fsp3) is 0.357. The fourth-order valence-corrected chi connectivity index (χ4v) is 2.13. The summed E-state index contributed by atoms with van der Waals surface area (Å²) >= 11 is 0. The molecule has 0 aliphatic carbocycles. The van der Waals surface area contributed by atoms with Gasteiger partial charge in [0.1, 0.15) is 0 Å². The van der Waals surface area contributed by atoms with Crippen LogP contribution in [0.3, 0.4) is 0 Å². The molecule has 0 bridgehead atoms. The third-order valence-electron chi connectivity index (χ3n) is 2.88. The Morgan fingerprint density at radius 1 is 1.19 bits per heavy atom. The summed E-state index contributed by atoms with van der Waals surface area (Å²) in [5, 5.41) is 1.21. The number of nitrogens with zero attached hydrogens (tertiary/aromatic N) is 2. The first kappa shape index (κ1) is 10.9. The first-order valence-corrected chi connectivity index (χ1v) is 5.84. The molecule has 2 aromatic rings. The number of fused-ring (bicyclic) bond motifs is 1. The monoisotopic (exact) mass is 214 g/mol. The molecule has 1 aromatic heterocycles. The molecule has 0 unspecified atom stereocenters. The lowest BCUT2D eigenvalue weighted by molar-refractivity contribution is 0.705. The highest BCUT2D eigenvalue weighted by atomic mass is 15.2. The van der Waals surface area contributed by atoms with E-state index in [2.05, 4.69) is 54.9 Å². The summed E-state index contributed by atoms with van der Waals surface area (Å²) in [6.45, 7) is 7.62. The highest BCUT2D eigenvalue weighted by molar-refractivity contribution is 5.90. The van der Waals surface area contributed by atoms with E-state index >= 15 is 0 Å². The number of benzene rings is 1. The number of pyridine rings is 1. The lowest BCUT2D eigenvalue weighted by Gasteiger charge is -2.28. The molecule has 2 rings (SSSR count). The van der Waals surface area contributed by atoms with Crippen molar-refractivity contribution < 1.29 is 0 Å². The minimum Gasteiger partial charge on any atom is -0.368 e. The van der Waals surface area contributed by atoms with Gasteiger partial charge in [0, 0.05) is 24.2 Å². The number of anilines is 1. The molecule has 0 atom stereocenters. The molecule has 0 saturated carbocycles. The van der Waals surface area contributed by atoms with Gasteiger partial charge in [0.05, 0.1) is 11.2 Å². The maximum atomic E-state index is 4.49. The van der Waals surface area contributed by atoms with Crippen LogP contribution in [0, 0.1) is 0 Å². The second-order valence-corrected chi connectivity index (χ2v) is 4.23. The molecule has 84 valence electrons. The van der Waals surface area contributed by atoms with E-state index < -0.39 is 0 Å². The van der Waals surface area contributed by atoms with Crippen molar-refractivity contribution in [1.29, 1.82) is 0 Å². The van der Waals surface area contributed by atoms with Crippen molar-refractivity contribution in [3.8, 4) is 0 Å². The molecule has 0 radical (unpaired) electrons. The van der Waals surface area contributed by atoms with Crippen LogP contribution in [-0.2, 0) is 0 Å². The SMILES string of the molecule is CCN(c1cccc2cccnc12)C(C)C. The van der Waals surface area contributed by atoms with Crippen LogP contribution >= 0.6 is 0 Å². The zero-order valence-electron chi connectivity index (χ0n) is 10.1. The predicted molar refractivity (Wildman–Crippen MR) is 69.9 cm³/mol. The van der Waals surface area contributed by atoms with Gasteiger partial charge in [-0.3, -0.25) is 4.98 Å². The summed E-state index contributed by atoms with van der Waals surface area (Å²) in [7, 11) is 0. The average molecular weight is 214 g/mol. The Balaban J connectivity index is 2.59. The van der Waals surface area contributed by atoms with Crippen molar-refractivity contribution in [2.75, 3.05) is 11.4 Å². The van der Waals surface area contributed by atoms with Crippen molar-refractivity contribution in [3.05, 3.63) is 36.5 Å². The molecule has 0 saturated heterocycles. The molecular formula is C14H18N2. The van der Waals surface area contributed by atoms with Crippen LogP contribution in [0.5, 0.6) is 0 Å². The summed E-state index contributed by atoms with van der Waals surface area (Å²) in [6.07, 6.45) is 1.86. The van der Waals surface area contributed by atoms with Gasteiger partial charge in [-0.1, -0.05) is 18.2 Å². The van der Waals surface area contributed by atoms with E-state index in [1.807, 2.05) is 12.3 Å². The molecule has 0 aliphatic rings. The highest BCUT2D eigenvalue weighted by Crippen LogP contribution is 2.25. The molecule has 2 heteroatoms. The fourth-order valence-electron chi connectivity index (χ4n) is 2.13. The number of para-hydroxylation sites is 1. The summed E-state index contributed by atoms with van der Waals surface area (Å²) in [4.78, 5) is 6.86. The molecule has 16 heavy (non-hydrogen) atoms. The van der Waals surface area contributed by atoms with Crippen molar-refractivity contribution >= 4 is 16.6 Å². The van der Waals surface area contributed by atoms with E-state index in [4.69, 9.17) is 0 Å². The zero-order chi connectivity index (χ0) is 11.5. The molecule has 1 aromatic carbocycles. The minimum atomic E-state index is 0.498. The molecule has 0 aliphatic heterocycles. The Labute approximate surface area is 96.9 Å². The largest absolute Gasteiger partial charge is 0.368 e. The third kappa shape index (κ3) is 1.87. The van der Waals surface area contributed by atoms with Crippen molar-refractivity contribution in [3.63, 3.8) is 0 Å². The predicted octanol–water partition coefficient (Wildman–Crippen LogP) is 3.47. The van der Waals surface area contributed by atoms with Gasteiger partial charge in [-0.15, -0.1) is 0 Å². The van der Waals surface area contributed by atoms with Gasteiger partial charge in [0.15, 0.2) is 0 Å². The van der Waals surface area contributed by atoms with Crippen LogP contribution in [0.1, 0.15) is 20.8 Å². The minimum absolute atomic E-state index is 0.498. The van der Waals surface area contributed by atoms with Crippen LogP contribution in [0.25, 0.3) is 10.9 Å². The van der Waals surface area contributed by atoms with E-state index in [1.54, 1.807) is 0 Å². The molecule has 1 heterocycles. The lowest BCUT2D eigenvalue weighted by Crippen LogP contribution is -2.30. The van der Waals surface area contributed by atoms with Crippen LogP contribution in [0.15, 0.2) is 36.5 Å².